The third-order valence-electron chi connectivity index (χ3n) is 3.53. The maximum absolute atomic E-state index is 13.3. The Labute approximate surface area is 142 Å². The number of rotatable bonds is 4. The fraction of sp³-hybridized carbons (Fsp3) is 0.176. The van der Waals surface area contributed by atoms with Crippen LogP contribution in [0.5, 0.6) is 0 Å². The molecule has 2 heterocycles. The van der Waals surface area contributed by atoms with Gasteiger partial charge in [-0.15, -0.1) is 0 Å². The molecule has 2 aromatic heterocycles. The molecule has 0 spiro atoms. The maximum atomic E-state index is 13.3. The van der Waals surface area contributed by atoms with Crippen molar-refractivity contribution >= 4 is 11.7 Å². The number of nitrogens with zero attached hydrogens (tertiary/aromatic N) is 3. The van der Waals surface area contributed by atoms with Gasteiger partial charge in [-0.3, -0.25) is 9.89 Å². The molecular formula is C17H15F2N5O. The predicted molar refractivity (Wildman–Crippen MR) is 88.0 cm³/mol. The molecule has 3 rings (SSSR count). The average molecular weight is 343 g/mol. The second kappa shape index (κ2) is 6.76. The molecule has 0 saturated carbocycles. The number of nitrogens with one attached hydrogen (secondary N) is 2. The Bertz CT molecular complexity index is 903. The summed E-state index contributed by atoms with van der Waals surface area (Å²) < 4.78 is 26.6. The summed E-state index contributed by atoms with van der Waals surface area (Å²) in [5.74, 6) is -1.53. The Kier molecular flexibility index (Phi) is 4.51. The molecule has 0 aliphatic heterocycles. The minimum Gasteiger partial charge on any atom is -0.305 e. The molecule has 1 aromatic carbocycles. The van der Waals surface area contributed by atoms with Gasteiger partial charge in [0.05, 0.1) is 17.0 Å². The van der Waals surface area contributed by atoms with E-state index in [2.05, 4.69) is 25.5 Å². The van der Waals surface area contributed by atoms with Gasteiger partial charge in [-0.25, -0.2) is 18.7 Å². The summed E-state index contributed by atoms with van der Waals surface area (Å²) in [7, 11) is 0. The van der Waals surface area contributed by atoms with Gasteiger partial charge in [-0.05, 0) is 18.1 Å². The van der Waals surface area contributed by atoms with Gasteiger partial charge < -0.3 is 5.32 Å². The molecule has 0 atom stereocenters. The molecule has 0 fully saturated rings. The zero-order valence-corrected chi connectivity index (χ0v) is 13.5. The van der Waals surface area contributed by atoms with Gasteiger partial charge in [0.1, 0.15) is 18.0 Å². The van der Waals surface area contributed by atoms with Crippen LogP contribution in [0.15, 0.2) is 36.8 Å². The van der Waals surface area contributed by atoms with E-state index in [1.165, 1.54) is 30.7 Å². The maximum Gasteiger partial charge on any atom is 0.260 e. The lowest BCUT2D eigenvalue weighted by molar-refractivity contribution is 0.102. The predicted octanol–water partition coefficient (Wildman–Crippen LogP) is 3.52. The number of benzene rings is 1. The van der Waals surface area contributed by atoms with Crippen LogP contribution in [0.4, 0.5) is 14.6 Å². The Hall–Kier alpha value is -3.16. The van der Waals surface area contributed by atoms with Crippen LogP contribution in [0.2, 0.25) is 0 Å². The number of aromatic amines is 1. The first kappa shape index (κ1) is 16.7. The summed E-state index contributed by atoms with van der Waals surface area (Å²) >= 11 is 0. The second-order valence-electron chi connectivity index (χ2n) is 5.76. The Balaban J connectivity index is 1.83. The molecule has 2 N–H and O–H groups in total. The van der Waals surface area contributed by atoms with Crippen LogP contribution < -0.4 is 5.32 Å². The van der Waals surface area contributed by atoms with Crippen molar-refractivity contribution in [1.82, 2.24) is 20.2 Å². The van der Waals surface area contributed by atoms with Gasteiger partial charge in [0.25, 0.3) is 5.91 Å². The van der Waals surface area contributed by atoms with E-state index in [4.69, 9.17) is 0 Å². The van der Waals surface area contributed by atoms with Crippen molar-refractivity contribution in [2.24, 2.45) is 0 Å². The molecular weight excluding hydrogens is 328 g/mol. The lowest BCUT2D eigenvalue weighted by Gasteiger charge is -2.09. The van der Waals surface area contributed by atoms with Crippen LogP contribution in [0, 0.1) is 11.6 Å². The second-order valence-corrected chi connectivity index (χ2v) is 5.76. The fourth-order valence-corrected chi connectivity index (χ4v) is 2.40. The van der Waals surface area contributed by atoms with Crippen molar-refractivity contribution in [3.8, 4) is 11.3 Å². The van der Waals surface area contributed by atoms with E-state index >= 15 is 0 Å². The summed E-state index contributed by atoms with van der Waals surface area (Å²) in [6.07, 6.45) is 2.82. The molecule has 1 amide bonds. The summed E-state index contributed by atoms with van der Waals surface area (Å²) in [5.41, 5.74) is 1.63. The molecule has 0 unspecified atom stereocenters. The zero-order valence-electron chi connectivity index (χ0n) is 13.5. The van der Waals surface area contributed by atoms with E-state index in [9.17, 15) is 13.6 Å². The molecule has 0 aliphatic rings. The van der Waals surface area contributed by atoms with Crippen molar-refractivity contribution in [1.29, 1.82) is 0 Å². The number of H-pyrrole nitrogens is 1. The minimum atomic E-state index is -0.696. The molecule has 128 valence electrons. The van der Waals surface area contributed by atoms with E-state index in [0.29, 0.717) is 17.0 Å². The SMILES string of the molecule is CC(C)c1ncncc1C(=O)Nc1cc(-c2cc(F)cc(F)c2)[nH]n1. The van der Waals surface area contributed by atoms with Gasteiger partial charge >= 0.3 is 0 Å². The fourth-order valence-electron chi connectivity index (χ4n) is 2.40. The summed E-state index contributed by atoms with van der Waals surface area (Å²) in [6.45, 7) is 3.84. The topological polar surface area (TPSA) is 83.6 Å². The van der Waals surface area contributed by atoms with Crippen LogP contribution in [-0.2, 0) is 0 Å². The van der Waals surface area contributed by atoms with Crippen LogP contribution in [0.25, 0.3) is 11.3 Å². The molecule has 25 heavy (non-hydrogen) atoms. The van der Waals surface area contributed by atoms with E-state index in [1.54, 1.807) is 0 Å². The monoisotopic (exact) mass is 343 g/mol. The van der Waals surface area contributed by atoms with Gasteiger partial charge in [0, 0.05) is 23.9 Å². The average Bonchev–Trinajstić information content (AvgIpc) is 3.02. The Morgan fingerprint density at radius 2 is 1.88 bits per heavy atom. The molecule has 0 aliphatic carbocycles. The number of anilines is 1. The number of amides is 1. The summed E-state index contributed by atoms with van der Waals surface area (Å²) in [6, 6.07) is 4.62. The van der Waals surface area contributed by atoms with E-state index in [-0.39, 0.29) is 17.3 Å². The lowest BCUT2D eigenvalue weighted by Crippen LogP contribution is -2.16. The zero-order chi connectivity index (χ0) is 18.0. The summed E-state index contributed by atoms with van der Waals surface area (Å²) in [5, 5.41) is 9.21. The van der Waals surface area contributed by atoms with Crippen LogP contribution in [-0.4, -0.2) is 26.1 Å². The van der Waals surface area contributed by atoms with Crippen molar-refractivity contribution in [2.75, 3.05) is 5.32 Å². The van der Waals surface area contributed by atoms with Gasteiger partial charge in [0.15, 0.2) is 5.82 Å². The first-order valence-corrected chi connectivity index (χ1v) is 7.57. The highest BCUT2D eigenvalue weighted by atomic mass is 19.1. The Morgan fingerprint density at radius 1 is 1.16 bits per heavy atom. The number of carbonyl (C=O) groups excluding carboxylic acids is 1. The summed E-state index contributed by atoms with van der Waals surface area (Å²) in [4.78, 5) is 20.4. The van der Waals surface area contributed by atoms with E-state index < -0.39 is 17.5 Å². The third kappa shape index (κ3) is 3.68. The quantitative estimate of drug-likeness (QED) is 0.759. The largest absolute Gasteiger partial charge is 0.305 e. The first-order valence-electron chi connectivity index (χ1n) is 7.57. The van der Waals surface area contributed by atoms with Crippen molar-refractivity contribution in [2.45, 2.75) is 19.8 Å². The number of hydrogen-bond acceptors (Lipinski definition) is 4. The smallest absolute Gasteiger partial charge is 0.260 e. The first-order chi connectivity index (χ1) is 11.9. The third-order valence-corrected chi connectivity index (χ3v) is 3.53. The van der Waals surface area contributed by atoms with Crippen molar-refractivity contribution in [3.05, 3.63) is 59.7 Å². The number of hydrogen-bond donors (Lipinski definition) is 2. The Morgan fingerprint density at radius 3 is 2.56 bits per heavy atom. The van der Waals surface area contributed by atoms with Gasteiger partial charge in [0.2, 0.25) is 0 Å². The standard InChI is InChI=1S/C17H15F2N5O/c1-9(2)16-13(7-20-8-21-16)17(25)22-15-6-14(23-24-15)10-3-11(18)5-12(19)4-10/h3-9H,1-2H3,(H2,22,23,24,25). The number of halogens is 2. The minimum absolute atomic E-state index is 0.0498. The van der Waals surface area contributed by atoms with Gasteiger partial charge in [-0.1, -0.05) is 13.8 Å². The van der Waals surface area contributed by atoms with E-state index in [0.717, 1.165) is 6.07 Å². The molecule has 0 bridgehead atoms. The van der Waals surface area contributed by atoms with Crippen LogP contribution in [0.1, 0.15) is 35.8 Å². The highest BCUT2D eigenvalue weighted by Gasteiger charge is 2.17. The number of aromatic nitrogens is 4. The normalized spacial score (nSPS) is 10.9. The van der Waals surface area contributed by atoms with Crippen LogP contribution in [0.3, 0.4) is 0 Å². The van der Waals surface area contributed by atoms with Crippen LogP contribution >= 0.6 is 0 Å². The van der Waals surface area contributed by atoms with Crippen molar-refractivity contribution in [3.63, 3.8) is 0 Å². The highest BCUT2D eigenvalue weighted by molar-refractivity contribution is 6.04. The highest BCUT2D eigenvalue weighted by Crippen LogP contribution is 2.23. The molecule has 0 saturated heterocycles. The molecule has 0 radical (unpaired) electrons. The van der Waals surface area contributed by atoms with E-state index in [1.807, 2.05) is 13.8 Å². The molecule has 8 heteroatoms. The van der Waals surface area contributed by atoms with Gasteiger partial charge in [-0.2, -0.15) is 5.10 Å². The number of carbonyl (C=O) groups is 1. The molecule has 6 nitrogen and oxygen atoms in total. The molecule has 3 aromatic rings. The lowest BCUT2D eigenvalue weighted by atomic mass is 10.0. The van der Waals surface area contributed by atoms with Crippen molar-refractivity contribution < 1.29 is 13.6 Å².